The van der Waals surface area contributed by atoms with Crippen LogP contribution in [0.2, 0.25) is 0 Å². The van der Waals surface area contributed by atoms with E-state index in [4.69, 9.17) is 4.98 Å². The van der Waals surface area contributed by atoms with Gasteiger partial charge in [-0.1, -0.05) is 11.3 Å². The molecule has 1 saturated heterocycles. The van der Waals surface area contributed by atoms with Gasteiger partial charge in [0, 0.05) is 43.5 Å². The zero-order valence-corrected chi connectivity index (χ0v) is 18.5. The maximum Gasteiger partial charge on any atom is 0.188 e. The van der Waals surface area contributed by atoms with Gasteiger partial charge in [0.25, 0.3) is 0 Å². The Bertz CT molecular complexity index is 1160. The van der Waals surface area contributed by atoms with Gasteiger partial charge in [-0.25, -0.2) is 4.98 Å². The summed E-state index contributed by atoms with van der Waals surface area (Å²) in [6.45, 7) is 4.28. The number of anilines is 1. The number of aromatic nitrogens is 4. The van der Waals surface area contributed by atoms with E-state index < -0.39 is 0 Å². The van der Waals surface area contributed by atoms with Gasteiger partial charge >= 0.3 is 0 Å². The van der Waals surface area contributed by atoms with Crippen LogP contribution < -0.4 is 10.2 Å². The molecule has 1 N–H and O–H groups in total. The number of benzene rings is 1. The van der Waals surface area contributed by atoms with E-state index in [1.807, 2.05) is 17.9 Å². The maximum absolute atomic E-state index is 4.79. The lowest BCUT2D eigenvalue weighted by atomic mass is 10.0. The fourth-order valence-corrected chi connectivity index (χ4v) is 5.06. The Balaban J connectivity index is 0.00000205. The number of aryl methyl sites for hydroxylation is 2. The van der Waals surface area contributed by atoms with Crippen molar-refractivity contribution in [2.75, 3.05) is 25.0 Å². The van der Waals surface area contributed by atoms with Gasteiger partial charge in [0.1, 0.15) is 0 Å². The second-order valence-electron chi connectivity index (χ2n) is 7.67. The molecule has 0 aliphatic carbocycles. The largest absolute Gasteiger partial charge is 0.348 e. The van der Waals surface area contributed by atoms with Gasteiger partial charge in [-0.15, -0.1) is 12.4 Å². The lowest BCUT2D eigenvalue weighted by Gasteiger charge is -2.31. The van der Waals surface area contributed by atoms with Gasteiger partial charge in [0.05, 0.1) is 10.2 Å². The molecule has 5 rings (SSSR count). The summed E-state index contributed by atoms with van der Waals surface area (Å²) < 4.78 is 3.01. The van der Waals surface area contributed by atoms with Crippen molar-refractivity contribution < 1.29 is 0 Å². The molecule has 1 fully saturated rings. The van der Waals surface area contributed by atoms with Crippen LogP contribution in [0.3, 0.4) is 0 Å². The zero-order chi connectivity index (χ0) is 19.3. The monoisotopic (exact) mass is 428 g/mol. The molecule has 6 nitrogen and oxygen atoms in total. The van der Waals surface area contributed by atoms with E-state index in [-0.39, 0.29) is 12.4 Å². The summed E-state index contributed by atoms with van der Waals surface area (Å²) in [6.07, 6.45) is 6.33. The Labute approximate surface area is 180 Å². The van der Waals surface area contributed by atoms with Crippen LogP contribution in [0.1, 0.15) is 18.4 Å². The first-order valence-electron chi connectivity index (χ1n) is 9.73. The van der Waals surface area contributed by atoms with Crippen molar-refractivity contribution in [3.05, 3.63) is 36.2 Å². The quantitative estimate of drug-likeness (QED) is 0.530. The highest BCUT2D eigenvalue weighted by Gasteiger charge is 2.21. The Morgan fingerprint density at radius 2 is 1.97 bits per heavy atom. The Morgan fingerprint density at radius 3 is 2.76 bits per heavy atom. The molecule has 4 aromatic rings. The average molecular weight is 429 g/mol. The number of hydrogen-bond acceptors (Lipinski definition) is 6. The first kappa shape index (κ1) is 20.1. The predicted octanol–water partition coefficient (Wildman–Crippen LogP) is 4.16. The summed E-state index contributed by atoms with van der Waals surface area (Å²) in [7, 11) is 4.12. The smallest absolute Gasteiger partial charge is 0.188 e. The molecule has 0 unspecified atom stereocenters. The number of rotatable bonds is 3. The van der Waals surface area contributed by atoms with Crippen LogP contribution in [0.15, 0.2) is 30.6 Å². The summed E-state index contributed by atoms with van der Waals surface area (Å²) in [5.74, 6) is 0. The minimum atomic E-state index is 0. The van der Waals surface area contributed by atoms with E-state index in [1.54, 1.807) is 11.3 Å². The number of pyridine rings is 1. The van der Waals surface area contributed by atoms with E-state index >= 15 is 0 Å². The minimum Gasteiger partial charge on any atom is -0.348 e. The molecule has 0 radical (unpaired) electrons. The molecule has 29 heavy (non-hydrogen) atoms. The van der Waals surface area contributed by atoms with Crippen LogP contribution in [-0.2, 0) is 7.05 Å². The van der Waals surface area contributed by atoms with Gasteiger partial charge in [0.2, 0.25) is 0 Å². The second-order valence-corrected chi connectivity index (χ2v) is 8.68. The van der Waals surface area contributed by atoms with Crippen molar-refractivity contribution in [3.63, 3.8) is 0 Å². The molecular formula is C21H25ClN6S. The van der Waals surface area contributed by atoms with E-state index in [9.17, 15) is 0 Å². The molecule has 3 aromatic heterocycles. The summed E-state index contributed by atoms with van der Waals surface area (Å²) in [4.78, 5) is 11.8. The number of hydrogen-bond donors (Lipinski definition) is 1. The van der Waals surface area contributed by atoms with Gasteiger partial charge in [-0.2, -0.15) is 10.1 Å². The lowest BCUT2D eigenvalue weighted by Crippen LogP contribution is -2.41. The topological polar surface area (TPSA) is 58.9 Å². The third kappa shape index (κ3) is 3.70. The summed E-state index contributed by atoms with van der Waals surface area (Å²) in [5.41, 5.74) is 5.38. The highest BCUT2D eigenvalue weighted by Crippen LogP contribution is 2.33. The van der Waals surface area contributed by atoms with Crippen LogP contribution in [-0.4, -0.2) is 45.9 Å². The molecule has 0 amide bonds. The van der Waals surface area contributed by atoms with E-state index in [0.717, 1.165) is 57.9 Å². The molecule has 0 saturated carbocycles. The molecule has 0 bridgehead atoms. The van der Waals surface area contributed by atoms with E-state index in [0.29, 0.717) is 6.04 Å². The Hall–Kier alpha value is -2.22. The van der Waals surface area contributed by atoms with Gasteiger partial charge in [-0.3, -0.25) is 4.68 Å². The van der Waals surface area contributed by atoms with E-state index in [1.165, 1.54) is 11.1 Å². The highest BCUT2D eigenvalue weighted by molar-refractivity contribution is 7.22. The summed E-state index contributed by atoms with van der Waals surface area (Å²) >= 11 is 1.74. The number of fused-ring (bicyclic) bond motifs is 2. The molecule has 1 aromatic carbocycles. The van der Waals surface area contributed by atoms with Crippen LogP contribution in [0.4, 0.5) is 5.13 Å². The van der Waals surface area contributed by atoms with E-state index in [2.05, 4.69) is 58.7 Å². The normalized spacial score (nSPS) is 15.0. The number of nitrogens with zero attached hydrogens (tertiary/aromatic N) is 5. The van der Waals surface area contributed by atoms with Crippen LogP contribution >= 0.6 is 23.7 Å². The van der Waals surface area contributed by atoms with Crippen molar-refractivity contribution in [2.24, 2.45) is 7.05 Å². The Kier molecular flexibility index (Phi) is 5.46. The third-order valence-corrected chi connectivity index (χ3v) is 6.72. The number of piperidine rings is 1. The number of halogens is 1. The van der Waals surface area contributed by atoms with Crippen molar-refractivity contribution in [2.45, 2.75) is 25.8 Å². The first-order chi connectivity index (χ1) is 13.6. The van der Waals surface area contributed by atoms with Crippen molar-refractivity contribution in [1.29, 1.82) is 0 Å². The van der Waals surface area contributed by atoms with Crippen molar-refractivity contribution >= 4 is 50.1 Å². The molecule has 152 valence electrons. The molecule has 1 aliphatic rings. The maximum atomic E-state index is 4.79. The summed E-state index contributed by atoms with van der Waals surface area (Å²) in [5, 5.41) is 10.2. The summed E-state index contributed by atoms with van der Waals surface area (Å²) in [6, 6.07) is 7.16. The van der Waals surface area contributed by atoms with Crippen LogP contribution in [0, 0.1) is 6.92 Å². The highest BCUT2D eigenvalue weighted by atomic mass is 35.5. The standard InChI is InChI=1S/C21H24N6S.ClH/c1-13-8-14(9-16-12-26(2)25-19(13)16)15-10-18-20(23-11-15)24-21(28-18)27(3)17-4-6-22-7-5-17;/h8-12,17,22H,4-7H2,1-3H3;1H. The lowest BCUT2D eigenvalue weighted by molar-refractivity contribution is 0.443. The number of nitrogens with one attached hydrogen (secondary N) is 1. The fourth-order valence-electron chi connectivity index (χ4n) is 4.06. The Morgan fingerprint density at radius 1 is 1.17 bits per heavy atom. The molecular weight excluding hydrogens is 404 g/mol. The average Bonchev–Trinajstić information content (AvgIpc) is 3.30. The van der Waals surface area contributed by atoms with Gasteiger partial charge in [0.15, 0.2) is 10.8 Å². The van der Waals surface area contributed by atoms with Crippen LogP contribution in [0.5, 0.6) is 0 Å². The van der Waals surface area contributed by atoms with Gasteiger partial charge in [-0.05, 0) is 62.2 Å². The zero-order valence-electron chi connectivity index (χ0n) is 16.8. The minimum absolute atomic E-state index is 0. The molecule has 4 heterocycles. The molecule has 0 spiro atoms. The van der Waals surface area contributed by atoms with Crippen LogP contribution in [0.25, 0.3) is 32.4 Å². The molecule has 1 aliphatic heterocycles. The fraction of sp³-hybridized carbons (Fsp3) is 0.381. The molecule has 0 atom stereocenters. The van der Waals surface area contributed by atoms with Crippen molar-refractivity contribution in [3.8, 4) is 11.1 Å². The SMILES string of the molecule is Cc1cc(-c2cnc3nc(N(C)C4CCNCC4)sc3c2)cc2cn(C)nc12.Cl. The second kappa shape index (κ2) is 7.89. The predicted molar refractivity (Wildman–Crippen MR) is 123 cm³/mol. The first-order valence-corrected chi connectivity index (χ1v) is 10.5. The molecule has 8 heteroatoms. The third-order valence-electron chi connectivity index (χ3n) is 5.64. The van der Waals surface area contributed by atoms with Crippen molar-refractivity contribution in [1.82, 2.24) is 25.1 Å². The van der Waals surface area contributed by atoms with Gasteiger partial charge < -0.3 is 10.2 Å². The number of thiazole rings is 1.